The zero-order valence-electron chi connectivity index (χ0n) is 79.2. The largest absolute Gasteiger partial charge is 0.309 e. The van der Waals surface area contributed by atoms with Crippen LogP contribution in [0, 0.1) is 68.0 Å². The number of fused-ring (bicyclic) bond motifs is 24. The second kappa shape index (κ2) is 33.7. The third-order valence-electron chi connectivity index (χ3n) is 30.7. The van der Waals surface area contributed by atoms with Gasteiger partial charge in [0.25, 0.3) is 0 Å². The normalized spacial score (nSPS) is 13.3. The fourth-order valence-corrected chi connectivity index (χ4v) is 24.4. The van der Waals surface area contributed by atoms with Crippen molar-refractivity contribution in [2.75, 3.05) is 0 Å². The summed E-state index contributed by atoms with van der Waals surface area (Å²) in [4.78, 5) is 0. The molecular formula is C134H86N10. The Morgan fingerprint density at radius 3 is 0.611 bits per heavy atom. The summed E-state index contributed by atoms with van der Waals surface area (Å²) in [5.74, 6) is 0. The maximum Gasteiger partial charge on any atom is 0.0991 e. The monoisotopic (exact) mass is 1830 g/mol. The van der Waals surface area contributed by atoms with Gasteiger partial charge in [-0.3, -0.25) is 0 Å². The zero-order valence-corrected chi connectivity index (χ0v) is 79.2. The number of aromatic nitrogens is 4. The molecule has 4 aliphatic rings. The number of benzene rings is 20. The highest BCUT2D eigenvalue weighted by atomic mass is 15.0. The molecule has 144 heavy (non-hydrogen) atoms. The van der Waals surface area contributed by atoms with Gasteiger partial charge in [0.2, 0.25) is 0 Å². The van der Waals surface area contributed by atoms with E-state index < -0.39 is 10.8 Å². The molecule has 0 fully saturated rings. The Bertz CT molecular complexity index is 9580. The maximum absolute atomic E-state index is 9.62. The first-order valence-electron chi connectivity index (χ1n) is 48.5. The van der Waals surface area contributed by atoms with Crippen LogP contribution in [0.1, 0.15) is 128 Å². The Morgan fingerprint density at radius 1 is 0.160 bits per heavy atom. The van der Waals surface area contributed by atoms with Crippen molar-refractivity contribution in [3.05, 3.63) is 549 Å². The van der Waals surface area contributed by atoms with Crippen LogP contribution < -0.4 is 0 Å². The van der Waals surface area contributed by atoms with Gasteiger partial charge in [-0.2, -0.15) is 31.6 Å². The predicted molar refractivity (Wildman–Crippen MR) is 581 cm³/mol. The van der Waals surface area contributed by atoms with Gasteiger partial charge in [0.15, 0.2) is 0 Å². The molecule has 0 aliphatic heterocycles. The number of para-hydroxylation sites is 2. The predicted octanol–water partition coefficient (Wildman–Crippen LogP) is 31.7. The van der Waals surface area contributed by atoms with Crippen molar-refractivity contribution in [1.82, 2.24) is 18.3 Å². The average molecular weight is 1840 g/mol. The summed E-state index contributed by atoms with van der Waals surface area (Å²) in [6.07, 6.45) is 0. The van der Waals surface area contributed by atoms with Crippen LogP contribution in [0.5, 0.6) is 0 Å². The number of nitriles is 6. The van der Waals surface area contributed by atoms with Crippen molar-refractivity contribution in [3.8, 4) is 104 Å². The van der Waals surface area contributed by atoms with Gasteiger partial charge in [-0.15, -0.1) is 0 Å². The molecule has 0 atom stereocenters. The summed E-state index contributed by atoms with van der Waals surface area (Å²) in [5.41, 5.74) is 41.6. The van der Waals surface area contributed by atoms with E-state index in [-0.39, 0.29) is 10.8 Å². The lowest BCUT2D eigenvalue weighted by molar-refractivity contribution is 0.660. The standard InChI is InChI=1S/C39H23N3.C38H24N2.C29H19N3.C28H20N2/c40-24-26-15-19-37-33(21-26)34-22-27(25-41)16-20-38(34)42(37)30-17-18-36-32(23-30)31-13-7-8-14-35(31)39(36,28-9-3-1-4-10-28)29-11-5-2-6-12-29;39-25-26-19-22-37-33(23-26)31-16-8-10-18-36(31)40(37)29-20-21-35-32(24-29)30-15-7-9-17-34(30)38(35,27-11-3-1-4-12-27)28-13-5-2-6-14-28;1-29(2)25-6-4-3-5-21(25)22-15-20(9-10-26(22)29)32-27-11-7-18(16-30)13-23(27)24-14-19(17-31)8-12-28(24)32;1-28(2)24-9-5-3-7-20(24)22-16-19(12-13-25(22)28)30-26-10-6-4-8-21(26)23-15-18(17-29)11-14-27(23)30/h1-23H;1-24H;3-15H,1-2H3;3-16H,1-2H3. The first kappa shape index (κ1) is 86.1. The Morgan fingerprint density at radius 2 is 0.347 bits per heavy atom. The van der Waals surface area contributed by atoms with E-state index in [4.69, 9.17) is 0 Å². The summed E-state index contributed by atoms with van der Waals surface area (Å²) in [6, 6.07) is 171. The molecule has 0 spiro atoms. The van der Waals surface area contributed by atoms with Crippen LogP contribution in [0.2, 0.25) is 0 Å². The zero-order chi connectivity index (χ0) is 97.4. The number of hydrogen-bond acceptors (Lipinski definition) is 6. The molecule has 0 saturated carbocycles. The molecule has 0 bridgehead atoms. The smallest absolute Gasteiger partial charge is 0.0991 e. The summed E-state index contributed by atoms with van der Waals surface area (Å²) in [6.45, 7) is 9.18. The van der Waals surface area contributed by atoms with Crippen molar-refractivity contribution in [2.45, 2.75) is 49.4 Å². The molecule has 28 rings (SSSR count). The van der Waals surface area contributed by atoms with E-state index in [2.05, 4.69) is 434 Å². The van der Waals surface area contributed by atoms with E-state index in [1.807, 2.05) is 97.1 Å². The number of hydrogen-bond donors (Lipinski definition) is 0. The summed E-state index contributed by atoms with van der Waals surface area (Å²) in [7, 11) is 0. The lowest BCUT2D eigenvalue weighted by Gasteiger charge is -2.33. The Hall–Kier alpha value is -19.5. The number of nitrogens with zero attached hydrogens (tertiary/aromatic N) is 10. The SMILES string of the molecule is CC1(C)c2ccccc2-c2cc(-n3c4ccc(C#N)cc4c4cc(C#N)ccc43)ccc21.CC1(C)c2ccccc2-c2cc(-n3c4ccccc4c4cc(C#N)ccc43)ccc21.N#Cc1ccc2c(c1)c1cc(C#N)ccc1n2-c1ccc2c(c1)-c1ccccc1C2(c1ccccc1)c1ccccc1.N#Cc1ccc2c(c1)c1ccccc1n2-c1ccc2c(c1)-c1ccccc1C2(c1ccccc1)c1ccccc1. The Kier molecular flexibility index (Phi) is 20.2. The van der Waals surface area contributed by atoms with E-state index >= 15 is 0 Å². The van der Waals surface area contributed by atoms with Crippen molar-refractivity contribution in [1.29, 1.82) is 31.6 Å². The topological polar surface area (TPSA) is 162 Å². The van der Waals surface area contributed by atoms with Crippen LogP contribution in [0.15, 0.2) is 449 Å². The quantitative estimate of drug-likeness (QED) is 0.147. The summed E-state index contributed by atoms with van der Waals surface area (Å²) in [5, 5.41) is 65.5. The van der Waals surface area contributed by atoms with E-state index in [1.165, 1.54) is 117 Å². The second-order valence-electron chi connectivity index (χ2n) is 38.8. The Labute approximate surface area is 833 Å². The average Bonchev–Trinajstić information content (AvgIpc) is 1.53. The molecule has 10 nitrogen and oxygen atoms in total. The van der Waals surface area contributed by atoms with Crippen LogP contribution in [0.4, 0.5) is 0 Å². The molecule has 0 radical (unpaired) electrons. The van der Waals surface area contributed by atoms with Crippen molar-refractivity contribution >= 4 is 87.2 Å². The molecule has 0 N–H and O–H groups in total. The maximum atomic E-state index is 9.62. The minimum atomic E-state index is -0.447. The van der Waals surface area contributed by atoms with Crippen LogP contribution in [-0.4, -0.2) is 18.3 Å². The first-order valence-corrected chi connectivity index (χ1v) is 48.5. The first-order chi connectivity index (χ1) is 70.7. The Balaban J connectivity index is 0.000000101. The van der Waals surface area contributed by atoms with Gasteiger partial charge in [0, 0.05) is 76.7 Å². The highest BCUT2D eigenvalue weighted by Gasteiger charge is 2.49. The molecule has 20 aromatic carbocycles. The van der Waals surface area contributed by atoms with E-state index in [0.29, 0.717) is 33.4 Å². The molecule has 4 aliphatic carbocycles. The number of rotatable bonds is 8. The highest BCUT2D eigenvalue weighted by molar-refractivity contribution is 6.14. The minimum absolute atomic E-state index is 0.00692. The fraction of sp³-hybridized carbons (Fsp3) is 0.0597. The summed E-state index contributed by atoms with van der Waals surface area (Å²) < 4.78 is 9.14. The fourth-order valence-electron chi connectivity index (χ4n) is 24.4. The van der Waals surface area contributed by atoms with Crippen LogP contribution >= 0.6 is 0 Å². The van der Waals surface area contributed by atoms with Gasteiger partial charge >= 0.3 is 0 Å². The van der Waals surface area contributed by atoms with Crippen LogP contribution in [0.25, 0.3) is 154 Å². The van der Waals surface area contributed by atoms with E-state index in [0.717, 1.165) is 105 Å². The molecular weight excluding hydrogens is 1750 g/mol. The molecule has 10 heteroatoms. The molecule has 0 amide bonds. The van der Waals surface area contributed by atoms with Crippen molar-refractivity contribution in [2.24, 2.45) is 0 Å². The van der Waals surface area contributed by atoms with E-state index in [1.54, 1.807) is 0 Å². The molecule has 0 saturated heterocycles. The molecule has 0 unspecified atom stereocenters. The lowest BCUT2D eigenvalue weighted by Crippen LogP contribution is -2.28. The third kappa shape index (κ3) is 13.0. The van der Waals surface area contributed by atoms with E-state index in [9.17, 15) is 31.6 Å². The van der Waals surface area contributed by atoms with Crippen LogP contribution in [0.3, 0.4) is 0 Å². The van der Waals surface area contributed by atoms with Gasteiger partial charge in [0.1, 0.15) is 0 Å². The third-order valence-corrected chi connectivity index (χ3v) is 30.7. The summed E-state index contributed by atoms with van der Waals surface area (Å²) >= 11 is 0. The molecule has 24 aromatic rings. The van der Waals surface area contributed by atoms with Gasteiger partial charge in [0.05, 0.1) is 125 Å². The second-order valence-corrected chi connectivity index (χ2v) is 38.8. The molecule has 672 valence electrons. The van der Waals surface area contributed by atoms with Gasteiger partial charge in [-0.1, -0.05) is 307 Å². The molecule has 4 aromatic heterocycles. The van der Waals surface area contributed by atoms with Gasteiger partial charge in [-0.25, -0.2) is 0 Å². The molecule has 4 heterocycles. The lowest BCUT2D eigenvalue weighted by atomic mass is 9.68. The van der Waals surface area contributed by atoms with Gasteiger partial charge in [-0.05, 0) is 281 Å². The van der Waals surface area contributed by atoms with Crippen molar-refractivity contribution < 1.29 is 0 Å². The highest BCUT2D eigenvalue weighted by Crippen LogP contribution is 2.60. The van der Waals surface area contributed by atoms with Gasteiger partial charge < -0.3 is 18.3 Å². The minimum Gasteiger partial charge on any atom is -0.309 e. The van der Waals surface area contributed by atoms with Crippen LogP contribution in [-0.2, 0) is 21.7 Å². The van der Waals surface area contributed by atoms with Crippen molar-refractivity contribution in [3.63, 3.8) is 0 Å².